The predicted molar refractivity (Wildman–Crippen MR) is 44.5 cm³/mol. The molecule has 0 heterocycles. The minimum atomic E-state index is -0.743. The lowest BCUT2D eigenvalue weighted by Gasteiger charge is -1.89. The number of hydrogen-bond acceptors (Lipinski definition) is 5. The minimum absolute atomic E-state index is 0.0987. The van der Waals surface area contributed by atoms with Gasteiger partial charge in [0.1, 0.15) is 0 Å². The van der Waals surface area contributed by atoms with E-state index in [1.54, 1.807) is 0 Å². The maximum absolute atomic E-state index is 10.0. The second-order valence-electron chi connectivity index (χ2n) is 1.99. The van der Waals surface area contributed by atoms with Gasteiger partial charge in [-0.05, 0) is 6.58 Å². The molecule has 0 fully saturated rings. The van der Waals surface area contributed by atoms with Crippen LogP contribution in [0, 0.1) is 20.2 Å². The molecule has 2 N–H and O–H groups in total. The van der Waals surface area contributed by atoms with Crippen LogP contribution >= 0.6 is 0 Å². The molecule has 0 saturated carbocycles. The van der Waals surface area contributed by atoms with Gasteiger partial charge in [0.15, 0.2) is 0 Å². The lowest BCUT2D eigenvalue weighted by Crippen LogP contribution is -1.99. The van der Waals surface area contributed by atoms with Crippen LogP contribution in [0.4, 0.5) is 0 Å². The van der Waals surface area contributed by atoms with Gasteiger partial charge in [-0.25, -0.2) is 0 Å². The van der Waals surface area contributed by atoms with E-state index in [9.17, 15) is 20.2 Å². The fourth-order valence-corrected chi connectivity index (χ4v) is 0.440. The zero-order valence-electron chi connectivity index (χ0n) is 6.54. The van der Waals surface area contributed by atoms with Crippen LogP contribution in [0.25, 0.3) is 0 Å². The van der Waals surface area contributed by atoms with Crippen molar-refractivity contribution in [2.75, 3.05) is 0 Å². The molecule has 0 spiro atoms. The lowest BCUT2D eigenvalue weighted by atomic mass is 10.3. The average Bonchev–Trinajstić information content (AvgIpc) is 2.00. The lowest BCUT2D eigenvalue weighted by molar-refractivity contribution is -0.418. The summed E-state index contributed by atoms with van der Waals surface area (Å²) in [5, 5.41) is 19.8. The van der Waals surface area contributed by atoms with E-state index in [0.29, 0.717) is 6.20 Å². The molecule has 0 amide bonds. The number of nitrogens with two attached hydrogens (primary N) is 1. The minimum Gasteiger partial charge on any atom is -0.398 e. The van der Waals surface area contributed by atoms with Crippen molar-refractivity contribution >= 4 is 0 Å². The summed E-state index contributed by atoms with van der Waals surface area (Å²) in [5.74, 6) is 0. The molecule has 7 nitrogen and oxygen atoms in total. The Balaban J connectivity index is 4.42. The molecule has 0 aliphatic carbocycles. The molecule has 70 valence electrons. The topological polar surface area (TPSA) is 112 Å². The molecular formula is C6H7N3O4. The van der Waals surface area contributed by atoms with E-state index >= 15 is 0 Å². The van der Waals surface area contributed by atoms with Crippen molar-refractivity contribution in [2.24, 2.45) is 5.73 Å². The van der Waals surface area contributed by atoms with Gasteiger partial charge in [0.05, 0.1) is 9.85 Å². The number of rotatable bonds is 4. The summed E-state index contributed by atoms with van der Waals surface area (Å²) in [4.78, 5) is 18.4. The van der Waals surface area contributed by atoms with Crippen LogP contribution < -0.4 is 5.73 Å². The van der Waals surface area contributed by atoms with Crippen molar-refractivity contribution in [3.63, 3.8) is 0 Å². The Morgan fingerprint density at radius 3 is 2.31 bits per heavy atom. The van der Waals surface area contributed by atoms with Crippen molar-refractivity contribution in [3.8, 4) is 0 Å². The zero-order chi connectivity index (χ0) is 10.4. The Hall–Kier alpha value is -2.18. The third-order valence-electron chi connectivity index (χ3n) is 0.956. The molecule has 0 rings (SSSR count). The van der Waals surface area contributed by atoms with Gasteiger partial charge in [0.2, 0.25) is 6.20 Å². The second-order valence-corrected chi connectivity index (χ2v) is 1.99. The van der Waals surface area contributed by atoms with Crippen LogP contribution in [0.1, 0.15) is 0 Å². The Labute approximate surface area is 73.1 Å². The standard InChI is InChI=1S/C6H7N3O4/c1-5(9(12)13)4-6(7)2-3-8(10)11/h2-4H,1,7H2/b3-2+,6-4+. The number of nitro groups is 2. The second kappa shape index (κ2) is 4.65. The monoisotopic (exact) mass is 185 g/mol. The Morgan fingerprint density at radius 1 is 1.38 bits per heavy atom. The number of hydrogen-bond donors (Lipinski definition) is 1. The maximum Gasteiger partial charge on any atom is 0.264 e. The SMILES string of the molecule is C=C(/C=C(N)\C=C\[N+](=O)[O-])[N+](=O)[O-]. The quantitative estimate of drug-likeness (QED) is 0.387. The molecule has 0 unspecified atom stereocenters. The Morgan fingerprint density at radius 2 is 1.92 bits per heavy atom. The summed E-state index contributed by atoms with van der Waals surface area (Å²) in [5.41, 5.74) is 4.64. The van der Waals surface area contributed by atoms with E-state index < -0.39 is 15.5 Å². The highest BCUT2D eigenvalue weighted by Crippen LogP contribution is 1.97. The fraction of sp³-hybridized carbons (Fsp3) is 0. The predicted octanol–water partition coefficient (Wildman–Crippen LogP) is 0.410. The largest absolute Gasteiger partial charge is 0.398 e. The van der Waals surface area contributed by atoms with Crippen molar-refractivity contribution < 1.29 is 9.85 Å². The van der Waals surface area contributed by atoms with Crippen LogP contribution in [-0.4, -0.2) is 9.85 Å². The zero-order valence-corrected chi connectivity index (χ0v) is 6.54. The first-order valence-electron chi connectivity index (χ1n) is 3.05. The molecule has 13 heavy (non-hydrogen) atoms. The average molecular weight is 185 g/mol. The highest BCUT2D eigenvalue weighted by atomic mass is 16.6. The van der Waals surface area contributed by atoms with Crippen LogP contribution in [-0.2, 0) is 0 Å². The third kappa shape index (κ3) is 5.13. The van der Waals surface area contributed by atoms with E-state index in [-0.39, 0.29) is 5.70 Å². The van der Waals surface area contributed by atoms with E-state index in [4.69, 9.17) is 5.73 Å². The van der Waals surface area contributed by atoms with Gasteiger partial charge >= 0.3 is 0 Å². The third-order valence-corrected chi connectivity index (χ3v) is 0.956. The molecular weight excluding hydrogens is 178 g/mol. The summed E-state index contributed by atoms with van der Waals surface area (Å²) in [6, 6.07) is 0. The normalized spacial score (nSPS) is 11.5. The van der Waals surface area contributed by atoms with Gasteiger partial charge in [-0.15, -0.1) is 0 Å². The Kier molecular flexibility index (Phi) is 3.87. The highest BCUT2D eigenvalue weighted by Gasteiger charge is 2.01. The van der Waals surface area contributed by atoms with Gasteiger partial charge in [-0.2, -0.15) is 0 Å². The van der Waals surface area contributed by atoms with Gasteiger partial charge in [-0.1, -0.05) is 0 Å². The van der Waals surface area contributed by atoms with Gasteiger partial charge < -0.3 is 5.73 Å². The molecule has 0 aromatic rings. The molecule has 0 aliphatic rings. The molecule has 0 saturated heterocycles. The van der Waals surface area contributed by atoms with E-state index in [2.05, 4.69) is 6.58 Å². The molecule has 0 aromatic heterocycles. The summed E-state index contributed by atoms with van der Waals surface area (Å²) >= 11 is 0. The number of nitrogens with zero attached hydrogens (tertiary/aromatic N) is 2. The van der Waals surface area contributed by atoms with Gasteiger partial charge in [0, 0.05) is 17.8 Å². The van der Waals surface area contributed by atoms with Crippen molar-refractivity contribution in [2.45, 2.75) is 0 Å². The van der Waals surface area contributed by atoms with Gasteiger partial charge in [0.25, 0.3) is 5.70 Å². The summed E-state index contributed by atoms with van der Waals surface area (Å²) in [6.45, 7) is 3.06. The van der Waals surface area contributed by atoms with E-state index in [1.165, 1.54) is 0 Å². The maximum atomic E-state index is 10.0. The first kappa shape index (κ1) is 10.8. The summed E-state index contributed by atoms with van der Waals surface area (Å²) < 4.78 is 0. The fourth-order valence-electron chi connectivity index (χ4n) is 0.440. The number of allylic oxidation sites excluding steroid dienone is 2. The summed E-state index contributed by atoms with van der Waals surface area (Å²) in [7, 11) is 0. The molecule has 0 radical (unpaired) electrons. The molecule has 7 heteroatoms. The molecule has 0 aliphatic heterocycles. The smallest absolute Gasteiger partial charge is 0.264 e. The Bertz CT molecular complexity index is 305. The molecule has 0 atom stereocenters. The van der Waals surface area contributed by atoms with Gasteiger partial charge in [-0.3, -0.25) is 20.2 Å². The van der Waals surface area contributed by atoms with Crippen LogP contribution in [0.5, 0.6) is 0 Å². The van der Waals surface area contributed by atoms with E-state index in [0.717, 1.165) is 12.2 Å². The van der Waals surface area contributed by atoms with Crippen LogP contribution in [0.2, 0.25) is 0 Å². The summed E-state index contributed by atoms with van der Waals surface area (Å²) in [6.07, 6.45) is 2.45. The molecule has 0 bridgehead atoms. The van der Waals surface area contributed by atoms with Crippen LogP contribution in [0.3, 0.4) is 0 Å². The highest BCUT2D eigenvalue weighted by molar-refractivity contribution is 5.21. The first-order chi connectivity index (χ1) is 5.93. The molecule has 0 aromatic carbocycles. The first-order valence-corrected chi connectivity index (χ1v) is 3.05. The van der Waals surface area contributed by atoms with E-state index in [1.807, 2.05) is 0 Å². The van der Waals surface area contributed by atoms with Crippen molar-refractivity contribution in [1.29, 1.82) is 0 Å². The van der Waals surface area contributed by atoms with Crippen LogP contribution in [0.15, 0.2) is 36.3 Å². The van der Waals surface area contributed by atoms with Crippen molar-refractivity contribution in [1.82, 2.24) is 0 Å². The van der Waals surface area contributed by atoms with Crippen molar-refractivity contribution in [3.05, 3.63) is 56.6 Å².